The molecule has 0 aliphatic carbocycles. The van der Waals surface area contributed by atoms with Crippen molar-refractivity contribution in [1.29, 1.82) is 0 Å². The number of hydrogen-bond donors (Lipinski definition) is 1. The van der Waals surface area contributed by atoms with Gasteiger partial charge in [-0.25, -0.2) is 4.68 Å². The number of carbonyl (C=O) groups is 1. The molecular weight excluding hydrogens is 376 g/mol. The average molecular weight is 399 g/mol. The van der Waals surface area contributed by atoms with E-state index in [1.807, 2.05) is 61.3 Å². The van der Waals surface area contributed by atoms with Crippen LogP contribution < -0.4 is 10.1 Å². The molecule has 1 N–H and O–H groups in total. The molecule has 0 bridgehead atoms. The molecule has 3 aromatic rings. The minimum Gasteiger partial charge on any atom is -0.497 e. The van der Waals surface area contributed by atoms with E-state index in [2.05, 4.69) is 10.4 Å². The first-order chi connectivity index (χ1) is 13.5. The number of hydrogen-bond acceptors (Lipinski definition) is 4. The first-order valence-corrected chi connectivity index (χ1v) is 9.27. The van der Waals surface area contributed by atoms with Gasteiger partial charge < -0.3 is 10.1 Å². The predicted octanol–water partition coefficient (Wildman–Crippen LogP) is 3.91. The van der Waals surface area contributed by atoms with Crippen molar-refractivity contribution in [3.8, 4) is 11.4 Å². The van der Waals surface area contributed by atoms with Crippen LogP contribution in [0.3, 0.4) is 0 Å². The smallest absolute Gasteiger partial charge is 0.238 e. The summed E-state index contributed by atoms with van der Waals surface area (Å²) in [4.78, 5) is 14.2. The lowest BCUT2D eigenvalue weighted by atomic mass is 10.2. The van der Waals surface area contributed by atoms with Crippen LogP contribution in [0.5, 0.6) is 5.75 Å². The van der Waals surface area contributed by atoms with Crippen LogP contribution >= 0.6 is 11.6 Å². The highest BCUT2D eigenvalue weighted by molar-refractivity contribution is 6.30. The summed E-state index contributed by atoms with van der Waals surface area (Å²) in [6.45, 7) is 2.68. The highest BCUT2D eigenvalue weighted by atomic mass is 35.5. The fourth-order valence-electron chi connectivity index (χ4n) is 2.90. The topological polar surface area (TPSA) is 59.4 Å². The monoisotopic (exact) mass is 398 g/mol. The number of rotatable bonds is 7. The molecule has 1 amide bonds. The number of carbonyl (C=O) groups excluding carboxylic acids is 1. The maximum atomic E-state index is 12.3. The molecule has 6 nitrogen and oxygen atoms in total. The van der Waals surface area contributed by atoms with Crippen LogP contribution in [-0.4, -0.2) is 41.3 Å². The van der Waals surface area contributed by atoms with Gasteiger partial charge in [-0.3, -0.25) is 9.69 Å². The van der Waals surface area contributed by atoms with Gasteiger partial charge in [0, 0.05) is 17.8 Å². The fourth-order valence-corrected chi connectivity index (χ4v) is 3.23. The summed E-state index contributed by atoms with van der Waals surface area (Å²) in [6.07, 6.45) is 0. The number of aryl methyl sites for hydroxylation is 1. The molecule has 1 aromatic heterocycles. The second kappa shape index (κ2) is 8.91. The summed E-state index contributed by atoms with van der Waals surface area (Å²) in [6, 6.07) is 17.0. The van der Waals surface area contributed by atoms with Crippen molar-refractivity contribution >= 4 is 23.2 Å². The van der Waals surface area contributed by atoms with E-state index in [9.17, 15) is 4.79 Å². The van der Waals surface area contributed by atoms with Crippen LogP contribution in [0.2, 0.25) is 5.15 Å². The number of amides is 1. The molecule has 0 atom stereocenters. The standard InChI is InChI=1S/C21H23ClN4O2/c1-15-19(21(22)26(24-15)17-7-5-4-6-8-17)13-25(2)14-20(27)23-16-9-11-18(28-3)12-10-16/h4-12H,13-14H2,1-3H3,(H,23,27). The number of methoxy groups -OCH3 is 1. The molecule has 0 spiro atoms. The minimum absolute atomic E-state index is 0.100. The van der Waals surface area contributed by atoms with Gasteiger partial charge in [-0.05, 0) is 50.4 Å². The number of halogens is 1. The number of aromatic nitrogens is 2. The van der Waals surface area contributed by atoms with E-state index < -0.39 is 0 Å². The Balaban J connectivity index is 1.63. The molecule has 3 rings (SSSR count). The van der Waals surface area contributed by atoms with E-state index >= 15 is 0 Å². The van der Waals surface area contributed by atoms with E-state index in [0.717, 1.165) is 28.4 Å². The number of benzene rings is 2. The molecule has 2 aromatic carbocycles. The van der Waals surface area contributed by atoms with Crippen LogP contribution in [0.15, 0.2) is 54.6 Å². The van der Waals surface area contributed by atoms with Crippen LogP contribution in [0.1, 0.15) is 11.3 Å². The normalized spacial score (nSPS) is 10.9. The van der Waals surface area contributed by atoms with Crippen molar-refractivity contribution in [3.63, 3.8) is 0 Å². The number of ether oxygens (including phenoxy) is 1. The lowest BCUT2D eigenvalue weighted by Crippen LogP contribution is -2.30. The molecule has 28 heavy (non-hydrogen) atoms. The Bertz CT molecular complexity index is 939. The first-order valence-electron chi connectivity index (χ1n) is 8.90. The first kappa shape index (κ1) is 19.9. The zero-order chi connectivity index (χ0) is 20.1. The zero-order valence-electron chi connectivity index (χ0n) is 16.1. The number of likely N-dealkylation sites (N-methyl/N-ethyl adjacent to an activating group) is 1. The molecule has 0 aliphatic heterocycles. The number of anilines is 1. The van der Waals surface area contributed by atoms with E-state index in [-0.39, 0.29) is 12.5 Å². The second-order valence-electron chi connectivity index (χ2n) is 6.55. The third-order valence-electron chi connectivity index (χ3n) is 4.34. The minimum atomic E-state index is -0.100. The predicted molar refractivity (Wildman–Crippen MR) is 111 cm³/mol. The van der Waals surface area contributed by atoms with Crippen LogP contribution in [0.25, 0.3) is 5.69 Å². The van der Waals surface area contributed by atoms with E-state index in [1.165, 1.54) is 0 Å². The molecule has 7 heteroatoms. The summed E-state index contributed by atoms with van der Waals surface area (Å²) in [5, 5.41) is 7.98. The molecule has 0 saturated carbocycles. The molecule has 0 saturated heterocycles. The lowest BCUT2D eigenvalue weighted by molar-refractivity contribution is -0.117. The zero-order valence-corrected chi connectivity index (χ0v) is 16.9. The SMILES string of the molecule is COc1ccc(NC(=O)CN(C)Cc2c(C)nn(-c3ccccc3)c2Cl)cc1. The van der Waals surface area contributed by atoms with Gasteiger partial charge in [0.05, 0.1) is 25.0 Å². The van der Waals surface area contributed by atoms with Gasteiger partial charge in [0.2, 0.25) is 5.91 Å². The number of nitrogens with zero attached hydrogens (tertiary/aromatic N) is 3. The molecule has 0 aliphatic rings. The third-order valence-corrected chi connectivity index (χ3v) is 4.73. The van der Waals surface area contributed by atoms with Gasteiger partial charge in [-0.1, -0.05) is 29.8 Å². The Morgan fingerprint density at radius 3 is 2.50 bits per heavy atom. The van der Waals surface area contributed by atoms with Crippen LogP contribution in [-0.2, 0) is 11.3 Å². The van der Waals surface area contributed by atoms with Crippen LogP contribution in [0, 0.1) is 6.92 Å². The Kier molecular flexibility index (Phi) is 6.34. The Morgan fingerprint density at radius 2 is 1.86 bits per heavy atom. The summed E-state index contributed by atoms with van der Waals surface area (Å²) in [5.74, 6) is 0.646. The Labute approximate surface area is 169 Å². The lowest BCUT2D eigenvalue weighted by Gasteiger charge is -2.16. The maximum absolute atomic E-state index is 12.3. The molecule has 0 radical (unpaired) electrons. The van der Waals surface area contributed by atoms with E-state index in [1.54, 1.807) is 23.9 Å². The van der Waals surface area contributed by atoms with Gasteiger partial charge in [0.25, 0.3) is 0 Å². The third kappa shape index (κ3) is 4.71. The van der Waals surface area contributed by atoms with Crippen molar-refractivity contribution in [2.24, 2.45) is 0 Å². The largest absolute Gasteiger partial charge is 0.497 e. The fraction of sp³-hybridized carbons (Fsp3) is 0.238. The summed E-state index contributed by atoms with van der Waals surface area (Å²) >= 11 is 6.56. The quantitative estimate of drug-likeness (QED) is 0.655. The maximum Gasteiger partial charge on any atom is 0.238 e. The molecule has 1 heterocycles. The van der Waals surface area contributed by atoms with Crippen molar-refractivity contribution in [1.82, 2.24) is 14.7 Å². The van der Waals surface area contributed by atoms with Gasteiger partial charge in [0.15, 0.2) is 0 Å². The van der Waals surface area contributed by atoms with Gasteiger partial charge in [0.1, 0.15) is 10.9 Å². The summed E-state index contributed by atoms with van der Waals surface area (Å²) in [7, 11) is 3.48. The van der Waals surface area contributed by atoms with Gasteiger partial charge >= 0.3 is 0 Å². The molecule has 0 unspecified atom stereocenters. The molecule has 146 valence electrons. The molecule has 0 fully saturated rings. The Hall–Kier alpha value is -2.83. The van der Waals surface area contributed by atoms with Gasteiger partial charge in [-0.2, -0.15) is 5.10 Å². The molecular formula is C21H23ClN4O2. The van der Waals surface area contributed by atoms with E-state index in [4.69, 9.17) is 16.3 Å². The van der Waals surface area contributed by atoms with E-state index in [0.29, 0.717) is 11.7 Å². The highest BCUT2D eigenvalue weighted by Gasteiger charge is 2.17. The van der Waals surface area contributed by atoms with Crippen molar-refractivity contribution in [2.45, 2.75) is 13.5 Å². The summed E-state index contributed by atoms with van der Waals surface area (Å²) < 4.78 is 6.84. The van der Waals surface area contributed by atoms with Crippen molar-refractivity contribution in [2.75, 3.05) is 26.0 Å². The van der Waals surface area contributed by atoms with Crippen molar-refractivity contribution < 1.29 is 9.53 Å². The van der Waals surface area contributed by atoms with Gasteiger partial charge in [-0.15, -0.1) is 0 Å². The van der Waals surface area contributed by atoms with Crippen molar-refractivity contribution in [3.05, 3.63) is 71.0 Å². The number of para-hydroxylation sites is 1. The second-order valence-corrected chi connectivity index (χ2v) is 6.91. The number of nitrogens with one attached hydrogen (secondary N) is 1. The average Bonchev–Trinajstić information content (AvgIpc) is 2.97. The summed E-state index contributed by atoms with van der Waals surface area (Å²) in [5.41, 5.74) is 3.38. The van der Waals surface area contributed by atoms with Crippen LogP contribution in [0.4, 0.5) is 5.69 Å². The Morgan fingerprint density at radius 1 is 1.18 bits per heavy atom. The highest BCUT2D eigenvalue weighted by Crippen LogP contribution is 2.24.